The second kappa shape index (κ2) is 23.5. The smallest absolute Gasteiger partial charge is 0.326 e. The minimum absolute atomic E-state index is 0.0194. The fraction of sp³-hybridized carbons (Fsp3) is 0.578. The van der Waals surface area contributed by atoms with E-state index in [2.05, 4.69) is 26.6 Å². The largest absolute Gasteiger partial charge is 0.480 e. The molecule has 15 heteroatoms. The van der Waals surface area contributed by atoms with E-state index in [-0.39, 0.29) is 43.6 Å². The van der Waals surface area contributed by atoms with Crippen LogP contribution in [-0.4, -0.2) is 100 Å². The van der Waals surface area contributed by atoms with Crippen LogP contribution in [0.2, 0.25) is 0 Å². The standard InChI is InChI=1S/C45H67N7O8/c1-26(2)22-34(49-42(56)37(46)28(5)6)44(58)52-21-15-20-36(52)41(55)48-32(24-30-16-11-9-12-17-30)39(53)47-33(25-31-18-13-10-14-19-31)40(54)51-38(29(7)8)43(57)50-35(45(59)60)23-27(3)4/h9-14,16-19,26-29,32-38H,15,20-25,46H2,1-8H3,(H,47,53)(H,48,55)(H,49,56)(H,50,57)(H,51,54)(H,59,60)/t32-,33-,34-,35-,36-,37-,38-/m0/s1. The van der Waals surface area contributed by atoms with Gasteiger partial charge in [-0.15, -0.1) is 0 Å². The van der Waals surface area contributed by atoms with E-state index in [9.17, 15) is 38.7 Å². The monoisotopic (exact) mass is 834 g/mol. The fourth-order valence-corrected chi connectivity index (χ4v) is 7.17. The number of likely N-dealkylation sites (tertiary alicyclic amines) is 1. The maximum atomic E-state index is 14.4. The Balaban J connectivity index is 1.91. The molecule has 15 nitrogen and oxygen atoms in total. The SMILES string of the molecule is CC(C)C[C@H](NC(=O)[C@@H](NC(=O)[C@H](Cc1ccccc1)NC(=O)[C@H](Cc1ccccc1)NC(=O)[C@@H]1CCCN1C(=O)[C@H](CC(C)C)NC(=O)[C@@H](N)C(C)C)C(C)C)C(=O)O. The van der Waals surface area contributed by atoms with Gasteiger partial charge in [-0.1, -0.05) is 116 Å². The average molecular weight is 834 g/mol. The highest BCUT2D eigenvalue weighted by Gasteiger charge is 2.40. The van der Waals surface area contributed by atoms with Gasteiger partial charge in [0.15, 0.2) is 0 Å². The number of amides is 6. The quantitative estimate of drug-likeness (QED) is 0.0924. The molecule has 0 radical (unpaired) electrons. The number of hydrogen-bond donors (Lipinski definition) is 7. The normalized spacial score (nSPS) is 17.0. The van der Waals surface area contributed by atoms with Crippen molar-refractivity contribution in [3.8, 4) is 0 Å². The first-order valence-electron chi connectivity index (χ1n) is 21.2. The molecule has 6 amide bonds. The molecular formula is C45H67N7O8. The summed E-state index contributed by atoms with van der Waals surface area (Å²) in [5.41, 5.74) is 7.55. The maximum Gasteiger partial charge on any atom is 0.326 e. The molecule has 1 saturated heterocycles. The molecule has 0 bridgehead atoms. The van der Waals surface area contributed by atoms with E-state index in [1.165, 1.54) is 4.90 Å². The fourth-order valence-electron chi connectivity index (χ4n) is 7.17. The van der Waals surface area contributed by atoms with Crippen molar-refractivity contribution in [2.24, 2.45) is 29.4 Å². The van der Waals surface area contributed by atoms with E-state index in [4.69, 9.17) is 5.73 Å². The Morgan fingerprint density at radius 3 is 1.57 bits per heavy atom. The highest BCUT2D eigenvalue weighted by atomic mass is 16.4. The Morgan fingerprint density at radius 2 is 1.08 bits per heavy atom. The predicted octanol–water partition coefficient (Wildman–Crippen LogP) is 2.70. The second-order valence-electron chi connectivity index (χ2n) is 17.4. The average Bonchev–Trinajstić information content (AvgIpc) is 3.69. The zero-order valence-corrected chi connectivity index (χ0v) is 36.4. The molecule has 3 rings (SSSR count). The minimum atomic E-state index is -1.21. The van der Waals surface area contributed by atoms with Crippen LogP contribution in [0, 0.1) is 23.7 Å². The molecule has 60 heavy (non-hydrogen) atoms. The number of carboxylic acids is 1. The molecule has 7 atom stereocenters. The third-order valence-electron chi connectivity index (χ3n) is 10.6. The van der Waals surface area contributed by atoms with Gasteiger partial charge in [0.05, 0.1) is 6.04 Å². The number of benzene rings is 2. The molecule has 330 valence electrons. The molecule has 1 heterocycles. The van der Waals surface area contributed by atoms with Crippen molar-refractivity contribution in [3.05, 3.63) is 71.8 Å². The Labute approximate surface area is 354 Å². The van der Waals surface area contributed by atoms with Gasteiger partial charge in [0.2, 0.25) is 35.4 Å². The lowest BCUT2D eigenvalue weighted by Crippen LogP contribution is -2.61. The summed E-state index contributed by atoms with van der Waals surface area (Å²) in [5, 5.41) is 23.6. The summed E-state index contributed by atoms with van der Waals surface area (Å²) in [4.78, 5) is 96.6. The molecule has 2 aromatic carbocycles. The van der Waals surface area contributed by atoms with Crippen molar-refractivity contribution in [1.82, 2.24) is 31.5 Å². The van der Waals surface area contributed by atoms with Gasteiger partial charge in [-0.25, -0.2) is 4.79 Å². The van der Waals surface area contributed by atoms with Gasteiger partial charge in [-0.05, 0) is 60.5 Å². The van der Waals surface area contributed by atoms with E-state index in [0.717, 1.165) is 5.56 Å². The van der Waals surface area contributed by atoms with Crippen LogP contribution < -0.4 is 32.3 Å². The number of carbonyl (C=O) groups excluding carboxylic acids is 6. The molecule has 2 aromatic rings. The van der Waals surface area contributed by atoms with Crippen LogP contribution in [0.5, 0.6) is 0 Å². The Bertz CT molecular complexity index is 1750. The highest BCUT2D eigenvalue weighted by molar-refractivity contribution is 5.97. The summed E-state index contributed by atoms with van der Waals surface area (Å²) in [6, 6.07) is 10.7. The zero-order valence-electron chi connectivity index (χ0n) is 36.4. The van der Waals surface area contributed by atoms with Gasteiger partial charge < -0.3 is 42.3 Å². The third kappa shape index (κ3) is 15.1. The first-order chi connectivity index (χ1) is 28.3. The van der Waals surface area contributed by atoms with E-state index < -0.39 is 89.6 Å². The van der Waals surface area contributed by atoms with Crippen molar-refractivity contribution in [1.29, 1.82) is 0 Å². The van der Waals surface area contributed by atoms with Gasteiger partial charge in [0.25, 0.3) is 0 Å². The molecule has 0 aliphatic carbocycles. The number of nitrogens with two attached hydrogens (primary N) is 1. The lowest BCUT2D eigenvalue weighted by molar-refractivity contribution is -0.143. The number of rotatable bonds is 22. The summed E-state index contributed by atoms with van der Waals surface area (Å²) >= 11 is 0. The summed E-state index contributed by atoms with van der Waals surface area (Å²) in [6.07, 6.45) is 1.49. The molecule has 1 aliphatic heterocycles. The molecule has 1 aliphatic rings. The van der Waals surface area contributed by atoms with Crippen LogP contribution >= 0.6 is 0 Å². The van der Waals surface area contributed by atoms with Gasteiger partial charge in [-0.2, -0.15) is 0 Å². The van der Waals surface area contributed by atoms with Crippen LogP contribution in [0.15, 0.2) is 60.7 Å². The Hall–Kier alpha value is -5.31. The van der Waals surface area contributed by atoms with Gasteiger partial charge in [-0.3, -0.25) is 28.8 Å². The maximum absolute atomic E-state index is 14.4. The van der Waals surface area contributed by atoms with Gasteiger partial charge in [0, 0.05) is 19.4 Å². The summed E-state index contributed by atoms with van der Waals surface area (Å²) in [6.45, 7) is 14.9. The summed E-state index contributed by atoms with van der Waals surface area (Å²) < 4.78 is 0. The van der Waals surface area contributed by atoms with E-state index in [1.54, 1.807) is 50.2 Å². The predicted molar refractivity (Wildman–Crippen MR) is 229 cm³/mol. The highest BCUT2D eigenvalue weighted by Crippen LogP contribution is 2.22. The summed E-state index contributed by atoms with van der Waals surface area (Å²) in [5.74, 6) is -5.19. The van der Waals surface area contributed by atoms with Crippen molar-refractivity contribution in [2.75, 3.05) is 6.54 Å². The second-order valence-corrected chi connectivity index (χ2v) is 17.4. The van der Waals surface area contributed by atoms with Crippen LogP contribution in [0.4, 0.5) is 0 Å². The molecule has 1 fully saturated rings. The number of nitrogens with zero attached hydrogens (tertiary/aromatic N) is 1. The number of hydrogen-bond acceptors (Lipinski definition) is 8. The van der Waals surface area contributed by atoms with Crippen molar-refractivity contribution in [2.45, 2.75) is 136 Å². The topological polar surface area (TPSA) is 229 Å². The molecule has 0 unspecified atom stereocenters. The Morgan fingerprint density at radius 1 is 0.617 bits per heavy atom. The van der Waals surface area contributed by atoms with Crippen molar-refractivity contribution in [3.63, 3.8) is 0 Å². The number of aliphatic carboxylic acids is 1. The third-order valence-corrected chi connectivity index (χ3v) is 10.6. The molecule has 0 saturated carbocycles. The van der Waals surface area contributed by atoms with Crippen LogP contribution in [-0.2, 0) is 46.4 Å². The lowest BCUT2D eigenvalue weighted by Gasteiger charge is -2.31. The zero-order chi connectivity index (χ0) is 44.7. The first kappa shape index (κ1) is 49.1. The summed E-state index contributed by atoms with van der Waals surface area (Å²) in [7, 11) is 0. The van der Waals surface area contributed by atoms with E-state index in [0.29, 0.717) is 24.8 Å². The lowest BCUT2D eigenvalue weighted by atomic mass is 9.98. The van der Waals surface area contributed by atoms with E-state index in [1.807, 2.05) is 65.8 Å². The van der Waals surface area contributed by atoms with Gasteiger partial charge in [0.1, 0.15) is 36.3 Å². The number of nitrogens with one attached hydrogen (secondary N) is 5. The first-order valence-corrected chi connectivity index (χ1v) is 21.2. The van der Waals surface area contributed by atoms with Crippen LogP contribution in [0.25, 0.3) is 0 Å². The van der Waals surface area contributed by atoms with Crippen molar-refractivity contribution < 1.29 is 38.7 Å². The number of carbonyl (C=O) groups is 7. The molecular weight excluding hydrogens is 767 g/mol. The molecule has 0 spiro atoms. The van der Waals surface area contributed by atoms with Gasteiger partial charge >= 0.3 is 5.97 Å². The van der Waals surface area contributed by atoms with Crippen molar-refractivity contribution >= 4 is 41.4 Å². The van der Waals surface area contributed by atoms with Crippen LogP contribution in [0.1, 0.15) is 92.2 Å². The van der Waals surface area contributed by atoms with E-state index >= 15 is 0 Å². The Kier molecular flexibility index (Phi) is 19.2. The minimum Gasteiger partial charge on any atom is -0.480 e. The number of carboxylic acid groups (broad SMARTS) is 1. The van der Waals surface area contributed by atoms with Crippen LogP contribution in [0.3, 0.4) is 0 Å². The molecule has 0 aromatic heterocycles. The molecule has 8 N–H and O–H groups in total.